The summed E-state index contributed by atoms with van der Waals surface area (Å²) < 4.78 is 11.0. The smallest absolute Gasteiger partial charge is 0.255 e. The minimum atomic E-state index is -0.282. The summed E-state index contributed by atoms with van der Waals surface area (Å²) in [6.45, 7) is 1.61. The van der Waals surface area contributed by atoms with Crippen LogP contribution in [0.5, 0.6) is 17.2 Å². The minimum Gasteiger partial charge on any atom is -0.507 e. The van der Waals surface area contributed by atoms with Gasteiger partial charge in [0.15, 0.2) is 11.5 Å². The molecule has 1 aliphatic rings. The molecule has 0 unspecified atom stereocenters. The first kappa shape index (κ1) is 14.3. The van der Waals surface area contributed by atoms with Crippen LogP contribution in [0.4, 0.5) is 0 Å². The van der Waals surface area contributed by atoms with Crippen LogP contribution in [0.25, 0.3) is 0 Å². The highest BCUT2D eigenvalue weighted by Gasteiger charge is 2.12. The molecule has 5 heteroatoms. The SMILES string of the molecule is O=C(NCCc1ccc2c(c1)OCCO2)c1ccccc1O. The Balaban J connectivity index is 1.57. The predicted molar refractivity (Wildman–Crippen MR) is 81.6 cm³/mol. The van der Waals surface area contributed by atoms with E-state index >= 15 is 0 Å². The topological polar surface area (TPSA) is 67.8 Å². The van der Waals surface area contributed by atoms with Gasteiger partial charge in [0, 0.05) is 6.54 Å². The van der Waals surface area contributed by atoms with Gasteiger partial charge in [-0.1, -0.05) is 18.2 Å². The Morgan fingerprint density at radius 2 is 1.86 bits per heavy atom. The summed E-state index contributed by atoms with van der Waals surface area (Å²) in [5.41, 5.74) is 1.34. The van der Waals surface area contributed by atoms with Gasteiger partial charge in [-0.25, -0.2) is 0 Å². The van der Waals surface area contributed by atoms with Gasteiger partial charge < -0.3 is 19.9 Å². The van der Waals surface area contributed by atoms with E-state index < -0.39 is 0 Å². The van der Waals surface area contributed by atoms with Gasteiger partial charge in [-0.15, -0.1) is 0 Å². The zero-order valence-corrected chi connectivity index (χ0v) is 12.0. The number of benzene rings is 2. The molecule has 5 nitrogen and oxygen atoms in total. The predicted octanol–water partition coefficient (Wildman–Crippen LogP) is 2.14. The molecule has 0 saturated heterocycles. The van der Waals surface area contributed by atoms with Crippen LogP contribution in [-0.4, -0.2) is 30.8 Å². The van der Waals surface area contributed by atoms with Crippen LogP contribution in [0.1, 0.15) is 15.9 Å². The Kier molecular flexibility index (Phi) is 4.14. The van der Waals surface area contributed by atoms with Crippen LogP contribution >= 0.6 is 0 Å². The molecular formula is C17H17NO4. The van der Waals surface area contributed by atoms with Crippen molar-refractivity contribution < 1.29 is 19.4 Å². The molecule has 22 heavy (non-hydrogen) atoms. The summed E-state index contributed by atoms with van der Waals surface area (Å²) in [5.74, 6) is 1.21. The lowest BCUT2D eigenvalue weighted by molar-refractivity contribution is 0.0951. The number of rotatable bonds is 4. The zero-order chi connectivity index (χ0) is 15.4. The highest BCUT2D eigenvalue weighted by atomic mass is 16.6. The van der Waals surface area contributed by atoms with Crippen molar-refractivity contribution in [3.63, 3.8) is 0 Å². The quantitative estimate of drug-likeness (QED) is 0.907. The summed E-state index contributed by atoms with van der Waals surface area (Å²) in [6, 6.07) is 12.3. The molecule has 0 bridgehead atoms. The fraction of sp³-hybridized carbons (Fsp3) is 0.235. The molecule has 0 saturated carbocycles. The van der Waals surface area contributed by atoms with E-state index in [1.165, 1.54) is 6.07 Å². The normalized spacial score (nSPS) is 12.7. The Bertz CT molecular complexity index is 684. The monoisotopic (exact) mass is 299 g/mol. The maximum absolute atomic E-state index is 12.0. The number of para-hydroxylation sites is 1. The number of aromatic hydroxyl groups is 1. The lowest BCUT2D eigenvalue weighted by Gasteiger charge is -2.18. The first-order valence-electron chi connectivity index (χ1n) is 7.19. The van der Waals surface area contributed by atoms with Crippen LogP contribution in [-0.2, 0) is 6.42 Å². The number of carbonyl (C=O) groups is 1. The van der Waals surface area contributed by atoms with E-state index in [4.69, 9.17) is 9.47 Å². The Labute approximate surface area is 128 Å². The molecule has 0 aromatic heterocycles. The number of nitrogens with one attached hydrogen (secondary N) is 1. The van der Waals surface area contributed by atoms with Crippen LogP contribution in [0.3, 0.4) is 0 Å². The zero-order valence-electron chi connectivity index (χ0n) is 12.0. The van der Waals surface area contributed by atoms with Crippen molar-refractivity contribution in [3.8, 4) is 17.2 Å². The Morgan fingerprint density at radius 3 is 2.68 bits per heavy atom. The molecule has 3 rings (SSSR count). The number of amides is 1. The van der Waals surface area contributed by atoms with E-state index in [1.54, 1.807) is 18.2 Å². The molecule has 0 spiro atoms. The highest BCUT2D eigenvalue weighted by molar-refractivity contribution is 5.96. The number of fused-ring (bicyclic) bond motifs is 1. The molecule has 0 atom stereocenters. The van der Waals surface area contributed by atoms with Crippen molar-refractivity contribution in [2.45, 2.75) is 6.42 Å². The van der Waals surface area contributed by atoms with Gasteiger partial charge in [-0.3, -0.25) is 4.79 Å². The molecule has 0 aliphatic carbocycles. The summed E-state index contributed by atoms with van der Waals surface area (Å²) in [4.78, 5) is 12.0. The number of ether oxygens (including phenoxy) is 2. The van der Waals surface area contributed by atoms with Gasteiger partial charge in [0.25, 0.3) is 5.91 Å². The Morgan fingerprint density at radius 1 is 1.09 bits per heavy atom. The maximum atomic E-state index is 12.0. The molecule has 1 heterocycles. The summed E-state index contributed by atoms with van der Waals surface area (Å²) in [7, 11) is 0. The third-order valence-electron chi connectivity index (χ3n) is 3.45. The molecule has 114 valence electrons. The van der Waals surface area contributed by atoms with Gasteiger partial charge in [0.1, 0.15) is 19.0 Å². The second-order valence-electron chi connectivity index (χ2n) is 5.00. The number of carbonyl (C=O) groups excluding carboxylic acids is 1. The van der Waals surface area contributed by atoms with Crippen molar-refractivity contribution in [2.75, 3.05) is 19.8 Å². The molecular weight excluding hydrogens is 282 g/mol. The van der Waals surface area contributed by atoms with Gasteiger partial charge in [-0.05, 0) is 36.2 Å². The largest absolute Gasteiger partial charge is 0.507 e. The highest BCUT2D eigenvalue weighted by Crippen LogP contribution is 2.30. The maximum Gasteiger partial charge on any atom is 0.255 e. The standard InChI is InChI=1S/C17H17NO4/c19-14-4-2-1-3-13(14)17(20)18-8-7-12-5-6-15-16(11-12)22-10-9-21-15/h1-6,11,19H,7-10H2,(H,18,20). The molecule has 2 aromatic rings. The van der Waals surface area contributed by atoms with Crippen LogP contribution in [0.15, 0.2) is 42.5 Å². The van der Waals surface area contributed by atoms with Crippen molar-refractivity contribution in [1.29, 1.82) is 0 Å². The van der Waals surface area contributed by atoms with Gasteiger partial charge in [0.2, 0.25) is 0 Å². The first-order chi connectivity index (χ1) is 10.7. The first-order valence-corrected chi connectivity index (χ1v) is 7.19. The van der Waals surface area contributed by atoms with Gasteiger partial charge in [0.05, 0.1) is 5.56 Å². The van der Waals surface area contributed by atoms with Crippen molar-refractivity contribution in [2.24, 2.45) is 0 Å². The van der Waals surface area contributed by atoms with E-state index in [9.17, 15) is 9.90 Å². The van der Waals surface area contributed by atoms with E-state index in [1.807, 2.05) is 18.2 Å². The Hall–Kier alpha value is -2.69. The molecule has 0 fully saturated rings. The number of hydrogen-bond acceptors (Lipinski definition) is 4. The van der Waals surface area contributed by atoms with E-state index in [2.05, 4.69) is 5.32 Å². The van der Waals surface area contributed by atoms with Crippen LogP contribution < -0.4 is 14.8 Å². The van der Waals surface area contributed by atoms with E-state index in [-0.39, 0.29) is 17.2 Å². The average molecular weight is 299 g/mol. The van der Waals surface area contributed by atoms with Crippen molar-refractivity contribution in [1.82, 2.24) is 5.32 Å². The minimum absolute atomic E-state index is 0.0145. The van der Waals surface area contributed by atoms with Gasteiger partial charge >= 0.3 is 0 Å². The van der Waals surface area contributed by atoms with Crippen LogP contribution in [0, 0.1) is 0 Å². The molecule has 1 amide bonds. The van der Waals surface area contributed by atoms with Crippen LogP contribution in [0.2, 0.25) is 0 Å². The average Bonchev–Trinajstić information content (AvgIpc) is 2.55. The fourth-order valence-corrected chi connectivity index (χ4v) is 2.32. The molecule has 2 aromatic carbocycles. The van der Waals surface area contributed by atoms with E-state index in [0.29, 0.717) is 26.2 Å². The number of phenolic OH excluding ortho intramolecular Hbond substituents is 1. The number of phenols is 1. The summed E-state index contributed by atoms with van der Waals surface area (Å²) >= 11 is 0. The van der Waals surface area contributed by atoms with Crippen molar-refractivity contribution in [3.05, 3.63) is 53.6 Å². The lowest BCUT2D eigenvalue weighted by atomic mass is 10.1. The lowest BCUT2D eigenvalue weighted by Crippen LogP contribution is -2.25. The molecule has 1 aliphatic heterocycles. The van der Waals surface area contributed by atoms with Crippen molar-refractivity contribution >= 4 is 5.91 Å². The fourth-order valence-electron chi connectivity index (χ4n) is 2.32. The van der Waals surface area contributed by atoms with E-state index in [0.717, 1.165) is 17.1 Å². The summed E-state index contributed by atoms with van der Waals surface area (Å²) in [6.07, 6.45) is 0.677. The second kappa shape index (κ2) is 6.39. The second-order valence-corrected chi connectivity index (χ2v) is 5.00. The number of hydrogen-bond donors (Lipinski definition) is 2. The summed E-state index contributed by atoms with van der Waals surface area (Å²) in [5, 5.41) is 12.4. The third-order valence-corrected chi connectivity index (χ3v) is 3.45. The molecule has 0 radical (unpaired) electrons. The molecule has 2 N–H and O–H groups in total. The van der Waals surface area contributed by atoms with Gasteiger partial charge in [-0.2, -0.15) is 0 Å². The third kappa shape index (κ3) is 3.14.